The van der Waals surface area contributed by atoms with Crippen molar-refractivity contribution < 1.29 is 18.7 Å². The van der Waals surface area contributed by atoms with Crippen LogP contribution in [0.15, 0.2) is 42.5 Å². The van der Waals surface area contributed by atoms with E-state index in [0.717, 1.165) is 13.0 Å². The average Bonchev–Trinajstić information content (AvgIpc) is 3.14. The van der Waals surface area contributed by atoms with E-state index in [0.29, 0.717) is 27.9 Å². The molecule has 0 bridgehead atoms. The second kappa shape index (κ2) is 9.67. The van der Waals surface area contributed by atoms with E-state index >= 15 is 0 Å². The lowest BCUT2D eigenvalue weighted by atomic mass is 10.3. The van der Waals surface area contributed by atoms with Crippen LogP contribution in [-0.4, -0.2) is 56.7 Å². The Morgan fingerprint density at radius 1 is 1.10 bits per heavy atom. The van der Waals surface area contributed by atoms with Crippen molar-refractivity contribution in [2.45, 2.75) is 6.42 Å². The van der Waals surface area contributed by atoms with Crippen LogP contribution >= 0.6 is 11.3 Å². The number of anilines is 1. The minimum absolute atomic E-state index is 0.166. The molecule has 0 saturated carbocycles. The third kappa shape index (κ3) is 5.21. The highest BCUT2D eigenvalue weighted by molar-refractivity contribution is 7.22. The van der Waals surface area contributed by atoms with Gasteiger partial charge >= 0.3 is 0 Å². The van der Waals surface area contributed by atoms with Crippen LogP contribution in [0.3, 0.4) is 0 Å². The maximum atomic E-state index is 14.1. The van der Waals surface area contributed by atoms with Crippen molar-refractivity contribution in [1.29, 1.82) is 0 Å². The van der Waals surface area contributed by atoms with E-state index in [-0.39, 0.29) is 18.0 Å². The number of nitrogens with zero attached hydrogens (tertiary/aromatic N) is 3. The largest absolute Gasteiger partial charge is 0.493 e. The molecule has 0 atom stereocenters. The summed E-state index contributed by atoms with van der Waals surface area (Å²) in [5.74, 6) is 0.415. The highest BCUT2D eigenvalue weighted by Gasteiger charge is 2.21. The maximum absolute atomic E-state index is 14.1. The average molecular weight is 418 g/mol. The summed E-state index contributed by atoms with van der Waals surface area (Å²) in [5.41, 5.74) is 0.281. The van der Waals surface area contributed by atoms with Crippen LogP contribution in [0, 0.1) is 5.82 Å². The van der Waals surface area contributed by atoms with Crippen molar-refractivity contribution in [3.8, 4) is 11.5 Å². The molecule has 0 saturated heterocycles. The topological polar surface area (TPSA) is 54.9 Å². The van der Waals surface area contributed by atoms with Gasteiger partial charge in [-0.25, -0.2) is 9.37 Å². The molecule has 0 fully saturated rings. The smallest absolute Gasteiger partial charge is 0.266 e. The predicted octanol–water partition coefficient (Wildman–Crippen LogP) is 3.81. The SMILES string of the molecule is COc1ccccc1OCC(=O)N(CCCN(C)C)c1nc2c(F)cccc2s1. The zero-order chi connectivity index (χ0) is 20.8. The Kier molecular flexibility index (Phi) is 7.00. The molecule has 0 aliphatic carbocycles. The highest BCUT2D eigenvalue weighted by atomic mass is 32.1. The summed E-state index contributed by atoms with van der Waals surface area (Å²) in [6, 6.07) is 12.0. The summed E-state index contributed by atoms with van der Waals surface area (Å²) in [5, 5.41) is 0.470. The Hall–Kier alpha value is -2.71. The van der Waals surface area contributed by atoms with Gasteiger partial charge in [-0.15, -0.1) is 0 Å². The highest BCUT2D eigenvalue weighted by Crippen LogP contribution is 2.31. The number of fused-ring (bicyclic) bond motifs is 1. The summed E-state index contributed by atoms with van der Waals surface area (Å²) in [7, 11) is 5.50. The van der Waals surface area contributed by atoms with Gasteiger partial charge in [0.1, 0.15) is 11.3 Å². The van der Waals surface area contributed by atoms with Crippen molar-refractivity contribution in [3.05, 3.63) is 48.3 Å². The molecule has 1 heterocycles. The second-order valence-corrected chi connectivity index (χ2v) is 7.73. The quantitative estimate of drug-likeness (QED) is 0.530. The van der Waals surface area contributed by atoms with Gasteiger partial charge in [-0.3, -0.25) is 9.69 Å². The molecule has 2 aromatic carbocycles. The number of thiazole rings is 1. The van der Waals surface area contributed by atoms with Crippen LogP contribution in [0.5, 0.6) is 11.5 Å². The minimum atomic E-state index is -0.393. The normalized spacial score (nSPS) is 11.1. The molecule has 3 aromatic rings. The Labute approximate surface area is 173 Å². The molecular weight excluding hydrogens is 393 g/mol. The van der Waals surface area contributed by atoms with E-state index in [2.05, 4.69) is 4.98 Å². The molecule has 29 heavy (non-hydrogen) atoms. The van der Waals surface area contributed by atoms with Gasteiger partial charge in [-0.2, -0.15) is 0 Å². The molecule has 154 valence electrons. The monoisotopic (exact) mass is 417 g/mol. The van der Waals surface area contributed by atoms with Gasteiger partial charge in [0.15, 0.2) is 23.2 Å². The Morgan fingerprint density at radius 2 is 1.86 bits per heavy atom. The third-order valence-electron chi connectivity index (χ3n) is 4.30. The number of amides is 1. The fourth-order valence-electron chi connectivity index (χ4n) is 2.85. The predicted molar refractivity (Wildman–Crippen MR) is 114 cm³/mol. The minimum Gasteiger partial charge on any atom is -0.493 e. The van der Waals surface area contributed by atoms with Gasteiger partial charge in [0.25, 0.3) is 5.91 Å². The number of benzene rings is 2. The van der Waals surface area contributed by atoms with Crippen LogP contribution in [0.25, 0.3) is 10.2 Å². The fourth-order valence-corrected chi connectivity index (χ4v) is 3.87. The van der Waals surface area contributed by atoms with Gasteiger partial charge in [0.2, 0.25) is 0 Å². The van der Waals surface area contributed by atoms with Crippen LogP contribution in [0.4, 0.5) is 9.52 Å². The van der Waals surface area contributed by atoms with Gasteiger partial charge in [-0.05, 0) is 51.3 Å². The summed E-state index contributed by atoms with van der Waals surface area (Å²) in [6.45, 7) is 1.12. The molecule has 8 heteroatoms. The lowest BCUT2D eigenvalue weighted by molar-refractivity contribution is -0.120. The van der Waals surface area contributed by atoms with Gasteiger partial charge < -0.3 is 14.4 Å². The molecule has 0 spiro atoms. The van der Waals surface area contributed by atoms with E-state index in [1.165, 1.54) is 17.4 Å². The zero-order valence-corrected chi connectivity index (χ0v) is 17.5. The number of rotatable bonds is 9. The Bertz CT molecular complexity index is 977. The van der Waals surface area contributed by atoms with Gasteiger partial charge in [0, 0.05) is 6.54 Å². The molecule has 0 aliphatic rings. The first-order chi connectivity index (χ1) is 14.0. The molecule has 0 aliphatic heterocycles. The van der Waals surface area contributed by atoms with Crippen molar-refractivity contribution in [2.24, 2.45) is 0 Å². The van der Waals surface area contributed by atoms with Crippen LogP contribution < -0.4 is 14.4 Å². The van der Waals surface area contributed by atoms with E-state index in [9.17, 15) is 9.18 Å². The van der Waals surface area contributed by atoms with Crippen molar-refractivity contribution in [1.82, 2.24) is 9.88 Å². The number of ether oxygens (including phenoxy) is 2. The maximum Gasteiger partial charge on any atom is 0.266 e. The van der Waals surface area contributed by atoms with E-state index in [1.54, 1.807) is 36.3 Å². The standard InChI is InChI=1S/C21H24FN3O3S/c1-24(2)12-7-13-25(21-23-20-15(22)8-6-11-18(20)29-21)19(26)14-28-17-10-5-4-9-16(17)27-3/h4-6,8-11H,7,12-14H2,1-3H3. The first kappa shape index (κ1) is 21.0. The number of para-hydroxylation sites is 3. The third-order valence-corrected chi connectivity index (χ3v) is 5.34. The number of carbonyl (C=O) groups excluding carboxylic acids is 1. The first-order valence-corrected chi connectivity index (χ1v) is 10.1. The lowest BCUT2D eigenvalue weighted by Gasteiger charge is -2.21. The molecule has 1 aromatic heterocycles. The molecule has 6 nitrogen and oxygen atoms in total. The zero-order valence-electron chi connectivity index (χ0n) is 16.7. The van der Waals surface area contributed by atoms with Crippen molar-refractivity contribution >= 4 is 32.6 Å². The first-order valence-electron chi connectivity index (χ1n) is 9.25. The fraction of sp³-hybridized carbons (Fsp3) is 0.333. The lowest BCUT2D eigenvalue weighted by Crippen LogP contribution is -2.36. The van der Waals surface area contributed by atoms with Crippen molar-refractivity contribution in [3.63, 3.8) is 0 Å². The number of hydrogen-bond donors (Lipinski definition) is 0. The summed E-state index contributed by atoms with van der Waals surface area (Å²) >= 11 is 1.30. The molecule has 1 amide bonds. The van der Waals surface area contributed by atoms with Gasteiger partial charge in [-0.1, -0.05) is 29.5 Å². The van der Waals surface area contributed by atoms with E-state index in [4.69, 9.17) is 9.47 Å². The van der Waals surface area contributed by atoms with Crippen LogP contribution in [0.2, 0.25) is 0 Å². The van der Waals surface area contributed by atoms with Gasteiger partial charge in [0.05, 0.1) is 11.8 Å². The number of aromatic nitrogens is 1. The number of halogens is 1. The summed E-state index contributed by atoms with van der Waals surface area (Å²) < 4.78 is 25.7. The van der Waals surface area contributed by atoms with Crippen LogP contribution in [-0.2, 0) is 4.79 Å². The van der Waals surface area contributed by atoms with Crippen molar-refractivity contribution in [2.75, 3.05) is 45.8 Å². The van der Waals surface area contributed by atoms with E-state index in [1.807, 2.05) is 31.1 Å². The number of hydrogen-bond acceptors (Lipinski definition) is 6. The molecule has 3 rings (SSSR count). The molecule has 0 unspecified atom stereocenters. The molecule has 0 N–H and O–H groups in total. The van der Waals surface area contributed by atoms with Crippen LogP contribution in [0.1, 0.15) is 6.42 Å². The Balaban J connectivity index is 1.79. The molecular formula is C21H24FN3O3S. The Morgan fingerprint density at radius 3 is 2.55 bits per heavy atom. The number of methoxy groups -OCH3 is 1. The molecule has 0 radical (unpaired) electrons. The second-order valence-electron chi connectivity index (χ2n) is 6.72. The van der Waals surface area contributed by atoms with E-state index < -0.39 is 5.82 Å². The summed E-state index contributed by atoms with van der Waals surface area (Å²) in [6.07, 6.45) is 0.756. The summed E-state index contributed by atoms with van der Waals surface area (Å²) in [4.78, 5) is 21.0. The number of carbonyl (C=O) groups is 1.